The molecule has 2 aliphatic rings. The van der Waals surface area contributed by atoms with Gasteiger partial charge in [0.05, 0.1) is 6.04 Å². The van der Waals surface area contributed by atoms with Gasteiger partial charge in [0.2, 0.25) is 0 Å². The van der Waals surface area contributed by atoms with E-state index >= 15 is 0 Å². The van der Waals surface area contributed by atoms with Crippen molar-refractivity contribution >= 4 is 17.2 Å². The molecule has 1 amide bonds. The highest BCUT2D eigenvalue weighted by atomic mass is 32.1. The van der Waals surface area contributed by atoms with Gasteiger partial charge in [-0.3, -0.25) is 9.48 Å². The lowest BCUT2D eigenvalue weighted by Crippen LogP contribution is -2.47. The fourth-order valence-corrected chi connectivity index (χ4v) is 4.87. The number of fused-ring (bicyclic) bond motifs is 2. The smallest absolute Gasteiger partial charge is 0.278 e. The zero-order valence-electron chi connectivity index (χ0n) is 14.8. The molecule has 4 heterocycles. The molecule has 2 fully saturated rings. The van der Waals surface area contributed by atoms with E-state index in [4.69, 9.17) is 4.74 Å². The second kappa shape index (κ2) is 6.81. The van der Waals surface area contributed by atoms with Crippen molar-refractivity contribution in [3.8, 4) is 10.9 Å². The molecule has 2 aliphatic heterocycles. The van der Waals surface area contributed by atoms with Crippen molar-refractivity contribution in [2.45, 2.75) is 43.8 Å². The SMILES string of the molecule is O=C(c1ccc(Oc2nccs2)cc1)N1C2CCC1CC(n1cccn1)C2. The summed E-state index contributed by atoms with van der Waals surface area (Å²) in [7, 11) is 0. The Morgan fingerprint density at radius 1 is 1.07 bits per heavy atom. The largest absolute Gasteiger partial charge is 0.431 e. The van der Waals surface area contributed by atoms with E-state index in [0.717, 1.165) is 31.2 Å². The minimum absolute atomic E-state index is 0.127. The molecule has 2 atom stereocenters. The van der Waals surface area contributed by atoms with Gasteiger partial charge in [0.25, 0.3) is 11.1 Å². The topological polar surface area (TPSA) is 60.2 Å². The molecule has 2 unspecified atom stereocenters. The van der Waals surface area contributed by atoms with Crippen molar-refractivity contribution in [3.63, 3.8) is 0 Å². The van der Waals surface area contributed by atoms with Crippen molar-refractivity contribution < 1.29 is 9.53 Å². The van der Waals surface area contributed by atoms with E-state index < -0.39 is 0 Å². The van der Waals surface area contributed by atoms with Crippen LogP contribution in [-0.4, -0.2) is 37.7 Å². The number of nitrogens with zero attached hydrogens (tertiary/aromatic N) is 4. The first-order valence-electron chi connectivity index (χ1n) is 9.27. The Hall–Kier alpha value is -2.67. The summed E-state index contributed by atoms with van der Waals surface area (Å²) in [5.41, 5.74) is 0.718. The summed E-state index contributed by atoms with van der Waals surface area (Å²) in [6, 6.07) is 10.4. The molecule has 7 heteroatoms. The van der Waals surface area contributed by atoms with Crippen LogP contribution in [-0.2, 0) is 0 Å². The van der Waals surface area contributed by atoms with Gasteiger partial charge in [-0.25, -0.2) is 4.98 Å². The van der Waals surface area contributed by atoms with Crippen molar-refractivity contribution in [3.05, 3.63) is 59.9 Å². The van der Waals surface area contributed by atoms with Crippen LogP contribution in [0.2, 0.25) is 0 Å². The van der Waals surface area contributed by atoms with Crippen LogP contribution in [0.5, 0.6) is 10.9 Å². The van der Waals surface area contributed by atoms with Gasteiger partial charge in [0.15, 0.2) is 0 Å². The number of thiazole rings is 1. The summed E-state index contributed by atoms with van der Waals surface area (Å²) in [6.07, 6.45) is 9.70. The van der Waals surface area contributed by atoms with Gasteiger partial charge in [-0.1, -0.05) is 11.3 Å². The molecule has 2 aromatic heterocycles. The maximum Gasteiger partial charge on any atom is 0.278 e. The molecule has 0 aliphatic carbocycles. The van der Waals surface area contributed by atoms with Crippen molar-refractivity contribution in [1.82, 2.24) is 19.7 Å². The maximum atomic E-state index is 13.1. The molecule has 2 bridgehead atoms. The van der Waals surface area contributed by atoms with E-state index in [2.05, 4.69) is 19.7 Å². The highest BCUT2D eigenvalue weighted by Gasteiger charge is 2.44. The number of carbonyl (C=O) groups is 1. The minimum Gasteiger partial charge on any atom is -0.431 e. The van der Waals surface area contributed by atoms with Crippen molar-refractivity contribution in [2.24, 2.45) is 0 Å². The van der Waals surface area contributed by atoms with Crippen LogP contribution in [0.4, 0.5) is 0 Å². The fourth-order valence-electron chi connectivity index (χ4n) is 4.37. The molecule has 0 radical (unpaired) electrons. The van der Waals surface area contributed by atoms with E-state index in [0.29, 0.717) is 29.1 Å². The number of piperidine rings is 1. The van der Waals surface area contributed by atoms with Gasteiger partial charge in [0, 0.05) is 41.6 Å². The predicted molar refractivity (Wildman–Crippen MR) is 102 cm³/mol. The third kappa shape index (κ3) is 3.12. The van der Waals surface area contributed by atoms with Crippen LogP contribution in [0.1, 0.15) is 42.1 Å². The van der Waals surface area contributed by atoms with Crippen LogP contribution in [0, 0.1) is 0 Å². The Balaban J connectivity index is 1.30. The van der Waals surface area contributed by atoms with Crippen LogP contribution >= 0.6 is 11.3 Å². The molecule has 2 saturated heterocycles. The quantitative estimate of drug-likeness (QED) is 0.682. The summed E-state index contributed by atoms with van der Waals surface area (Å²) in [4.78, 5) is 19.4. The van der Waals surface area contributed by atoms with Gasteiger partial charge in [-0.2, -0.15) is 5.10 Å². The van der Waals surface area contributed by atoms with E-state index in [-0.39, 0.29) is 5.91 Å². The second-order valence-corrected chi connectivity index (χ2v) is 7.99. The Kier molecular flexibility index (Phi) is 4.16. The lowest BCUT2D eigenvalue weighted by Gasteiger charge is -2.39. The predicted octanol–water partition coefficient (Wildman–Crippen LogP) is 4.14. The van der Waals surface area contributed by atoms with Gasteiger partial charge in [-0.05, 0) is 56.0 Å². The normalized spacial score (nSPS) is 24.1. The number of aromatic nitrogens is 3. The molecule has 0 spiro atoms. The summed E-state index contributed by atoms with van der Waals surface area (Å²) in [5, 5.41) is 6.88. The number of benzene rings is 1. The number of carbonyl (C=O) groups excluding carboxylic acids is 1. The third-order valence-electron chi connectivity index (χ3n) is 5.56. The van der Waals surface area contributed by atoms with Crippen LogP contribution in [0.25, 0.3) is 0 Å². The molecular formula is C20H20N4O2S. The monoisotopic (exact) mass is 380 g/mol. The van der Waals surface area contributed by atoms with Crippen LogP contribution in [0.3, 0.4) is 0 Å². The number of rotatable bonds is 4. The molecule has 138 valence electrons. The highest BCUT2D eigenvalue weighted by Crippen LogP contribution is 2.41. The van der Waals surface area contributed by atoms with Gasteiger partial charge in [-0.15, -0.1) is 0 Å². The molecule has 27 heavy (non-hydrogen) atoms. The maximum absolute atomic E-state index is 13.1. The average molecular weight is 380 g/mol. The molecular weight excluding hydrogens is 360 g/mol. The van der Waals surface area contributed by atoms with Crippen molar-refractivity contribution in [1.29, 1.82) is 0 Å². The summed E-state index contributed by atoms with van der Waals surface area (Å²) in [6.45, 7) is 0. The summed E-state index contributed by atoms with van der Waals surface area (Å²) in [5.74, 6) is 0.823. The van der Waals surface area contributed by atoms with Gasteiger partial charge in [0.1, 0.15) is 5.75 Å². The zero-order valence-corrected chi connectivity index (χ0v) is 15.6. The lowest BCUT2D eigenvalue weighted by molar-refractivity contribution is 0.0524. The first kappa shape index (κ1) is 16.5. The molecule has 6 nitrogen and oxygen atoms in total. The van der Waals surface area contributed by atoms with Gasteiger partial charge < -0.3 is 9.64 Å². The number of ether oxygens (including phenoxy) is 1. The number of amides is 1. The molecule has 5 rings (SSSR count). The fraction of sp³-hybridized carbons (Fsp3) is 0.350. The molecule has 1 aromatic carbocycles. The Labute approximate surface area is 161 Å². The first-order valence-corrected chi connectivity index (χ1v) is 10.1. The average Bonchev–Trinajstić information content (AvgIpc) is 3.44. The van der Waals surface area contributed by atoms with E-state index in [1.165, 1.54) is 11.3 Å². The Morgan fingerprint density at radius 2 is 1.85 bits per heavy atom. The Bertz CT molecular complexity index is 894. The summed E-state index contributed by atoms with van der Waals surface area (Å²) >= 11 is 1.44. The molecule has 0 saturated carbocycles. The molecule has 3 aromatic rings. The van der Waals surface area contributed by atoms with Crippen molar-refractivity contribution in [2.75, 3.05) is 0 Å². The first-order chi connectivity index (χ1) is 13.3. The number of hydrogen-bond acceptors (Lipinski definition) is 5. The highest BCUT2D eigenvalue weighted by molar-refractivity contribution is 7.11. The third-order valence-corrected chi connectivity index (χ3v) is 6.21. The standard InChI is InChI=1S/C20H20N4O2S/c25-19(14-2-6-18(7-3-14)26-20-21-9-11-27-20)24-15-4-5-16(24)13-17(12-15)23-10-1-8-22-23/h1-3,6-11,15-17H,4-5,12-13H2. The van der Waals surface area contributed by atoms with Gasteiger partial charge >= 0.3 is 0 Å². The van der Waals surface area contributed by atoms with Crippen LogP contribution in [0.15, 0.2) is 54.3 Å². The lowest BCUT2D eigenvalue weighted by atomic mass is 9.96. The Morgan fingerprint density at radius 3 is 2.48 bits per heavy atom. The zero-order chi connectivity index (χ0) is 18.2. The summed E-state index contributed by atoms with van der Waals surface area (Å²) < 4.78 is 7.73. The van der Waals surface area contributed by atoms with E-state index in [1.54, 1.807) is 6.20 Å². The molecule has 0 N–H and O–H groups in total. The number of hydrogen-bond donors (Lipinski definition) is 0. The van der Waals surface area contributed by atoms with E-state index in [1.807, 2.05) is 48.1 Å². The second-order valence-electron chi connectivity index (χ2n) is 7.13. The minimum atomic E-state index is 0.127. The van der Waals surface area contributed by atoms with E-state index in [9.17, 15) is 4.79 Å². The van der Waals surface area contributed by atoms with Crippen LogP contribution < -0.4 is 4.74 Å².